The highest BCUT2D eigenvalue weighted by atomic mass is 35.5. The van der Waals surface area contributed by atoms with Crippen molar-refractivity contribution in [1.82, 2.24) is 9.78 Å². The van der Waals surface area contributed by atoms with E-state index in [9.17, 15) is 0 Å². The fraction of sp³-hybridized carbons (Fsp3) is 0.400. The Hall–Kier alpha value is -1.03. The molecule has 2 aromatic rings. The highest BCUT2D eigenvalue weighted by Crippen LogP contribution is 2.22. The van der Waals surface area contributed by atoms with Crippen LogP contribution in [0.1, 0.15) is 23.9 Å². The molecular formula is C15H19Cl2N3. The third-order valence-electron chi connectivity index (χ3n) is 3.36. The van der Waals surface area contributed by atoms with E-state index in [1.54, 1.807) is 6.07 Å². The molecule has 0 aliphatic rings. The minimum absolute atomic E-state index is 0.00813. The summed E-state index contributed by atoms with van der Waals surface area (Å²) in [4.78, 5) is 0. The van der Waals surface area contributed by atoms with Crippen LogP contribution in [0.15, 0.2) is 24.3 Å². The average Bonchev–Trinajstić information content (AvgIpc) is 2.74. The normalized spacial score (nSPS) is 12.7. The first-order valence-corrected chi connectivity index (χ1v) is 7.46. The molecule has 0 saturated heterocycles. The lowest BCUT2D eigenvalue weighted by Crippen LogP contribution is -2.26. The maximum Gasteiger partial charge on any atom is 0.0624 e. The van der Waals surface area contributed by atoms with E-state index in [0.29, 0.717) is 10.0 Å². The van der Waals surface area contributed by atoms with Gasteiger partial charge in [-0.2, -0.15) is 5.10 Å². The summed E-state index contributed by atoms with van der Waals surface area (Å²) in [5.74, 6) is 0. The van der Waals surface area contributed by atoms with Gasteiger partial charge in [0.15, 0.2) is 0 Å². The van der Waals surface area contributed by atoms with Gasteiger partial charge >= 0.3 is 0 Å². The summed E-state index contributed by atoms with van der Waals surface area (Å²) in [7, 11) is 1.95. The minimum atomic E-state index is 0.00813. The quantitative estimate of drug-likeness (QED) is 0.919. The van der Waals surface area contributed by atoms with Crippen LogP contribution in [0.5, 0.6) is 0 Å². The second-order valence-electron chi connectivity index (χ2n) is 5.01. The Morgan fingerprint density at radius 1 is 1.25 bits per heavy atom. The van der Waals surface area contributed by atoms with Gasteiger partial charge in [-0.1, -0.05) is 36.2 Å². The van der Waals surface area contributed by atoms with Gasteiger partial charge in [0.2, 0.25) is 0 Å². The largest absolute Gasteiger partial charge is 0.327 e. The number of rotatable bonds is 5. The number of benzene rings is 1. The minimum Gasteiger partial charge on any atom is -0.327 e. The van der Waals surface area contributed by atoms with Crippen molar-refractivity contribution in [3.05, 3.63) is 51.3 Å². The summed E-state index contributed by atoms with van der Waals surface area (Å²) in [6.45, 7) is 2.10. The molecule has 0 radical (unpaired) electrons. The van der Waals surface area contributed by atoms with Crippen molar-refractivity contribution in [1.29, 1.82) is 0 Å². The molecule has 20 heavy (non-hydrogen) atoms. The first-order chi connectivity index (χ1) is 9.49. The summed E-state index contributed by atoms with van der Waals surface area (Å²) in [6.07, 6.45) is 2.44. The molecule has 3 nitrogen and oxygen atoms in total. The lowest BCUT2D eigenvalue weighted by Gasteiger charge is -2.13. The molecule has 108 valence electrons. The van der Waals surface area contributed by atoms with Crippen LogP contribution in [0.25, 0.3) is 0 Å². The molecule has 5 heteroatoms. The molecule has 0 fully saturated rings. The molecule has 1 unspecified atom stereocenters. The van der Waals surface area contributed by atoms with Gasteiger partial charge in [0.1, 0.15) is 0 Å². The van der Waals surface area contributed by atoms with E-state index in [-0.39, 0.29) is 6.04 Å². The van der Waals surface area contributed by atoms with Gasteiger partial charge in [-0.3, -0.25) is 4.68 Å². The maximum atomic E-state index is 6.23. The standard InChI is InChI=1S/C15H19Cl2N3/c1-3-13-9-14(20(2)19-13)8-12(18)6-10-4-5-11(16)7-15(10)17/h4-5,7,9,12H,3,6,8,18H2,1-2H3. The van der Waals surface area contributed by atoms with Crippen molar-refractivity contribution >= 4 is 23.2 Å². The van der Waals surface area contributed by atoms with Crippen molar-refractivity contribution < 1.29 is 0 Å². The molecule has 1 atom stereocenters. The Balaban J connectivity index is 2.04. The van der Waals surface area contributed by atoms with Crippen LogP contribution in [-0.2, 0) is 26.3 Å². The number of aryl methyl sites for hydroxylation is 2. The first kappa shape index (κ1) is 15.4. The molecule has 0 aliphatic carbocycles. The van der Waals surface area contributed by atoms with Gasteiger partial charge in [0.25, 0.3) is 0 Å². The Labute approximate surface area is 129 Å². The molecule has 0 amide bonds. The summed E-state index contributed by atoms with van der Waals surface area (Å²) in [6, 6.07) is 7.65. The monoisotopic (exact) mass is 311 g/mol. The zero-order valence-electron chi connectivity index (χ0n) is 11.7. The molecule has 0 aliphatic heterocycles. The fourth-order valence-electron chi connectivity index (χ4n) is 2.25. The number of halogens is 2. The van der Waals surface area contributed by atoms with Gasteiger partial charge in [0.05, 0.1) is 5.69 Å². The molecular weight excluding hydrogens is 293 g/mol. The van der Waals surface area contributed by atoms with E-state index in [4.69, 9.17) is 28.9 Å². The fourth-order valence-corrected chi connectivity index (χ4v) is 2.73. The maximum absolute atomic E-state index is 6.23. The Bertz CT molecular complexity index is 593. The molecule has 1 heterocycles. The first-order valence-electron chi connectivity index (χ1n) is 6.71. The number of aromatic nitrogens is 2. The predicted octanol–water partition coefficient (Wildman–Crippen LogP) is 3.40. The van der Waals surface area contributed by atoms with Crippen LogP contribution in [-0.4, -0.2) is 15.8 Å². The van der Waals surface area contributed by atoms with E-state index in [1.165, 1.54) is 0 Å². The Kier molecular flexibility index (Phi) is 5.08. The SMILES string of the molecule is CCc1cc(CC(N)Cc2ccc(Cl)cc2Cl)n(C)n1. The molecule has 1 aromatic carbocycles. The van der Waals surface area contributed by atoms with Crippen molar-refractivity contribution in [2.24, 2.45) is 12.8 Å². The third-order valence-corrected chi connectivity index (χ3v) is 3.95. The Morgan fingerprint density at radius 3 is 2.60 bits per heavy atom. The highest BCUT2D eigenvalue weighted by molar-refractivity contribution is 6.35. The van der Waals surface area contributed by atoms with E-state index in [0.717, 1.165) is 36.2 Å². The zero-order chi connectivity index (χ0) is 14.7. The van der Waals surface area contributed by atoms with Crippen LogP contribution < -0.4 is 5.73 Å². The third kappa shape index (κ3) is 3.75. The molecule has 0 bridgehead atoms. The van der Waals surface area contributed by atoms with Crippen molar-refractivity contribution in [2.75, 3.05) is 0 Å². The lowest BCUT2D eigenvalue weighted by atomic mass is 10.0. The van der Waals surface area contributed by atoms with Crippen LogP contribution in [0.2, 0.25) is 10.0 Å². The van der Waals surface area contributed by atoms with Crippen LogP contribution in [0.3, 0.4) is 0 Å². The summed E-state index contributed by atoms with van der Waals surface area (Å²) < 4.78 is 1.90. The molecule has 2 N–H and O–H groups in total. The molecule has 1 aromatic heterocycles. The smallest absolute Gasteiger partial charge is 0.0624 e. The van der Waals surface area contributed by atoms with Gasteiger partial charge in [0, 0.05) is 35.2 Å². The van der Waals surface area contributed by atoms with Crippen molar-refractivity contribution in [3.8, 4) is 0 Å². The summed E-state index contributed by atoms with van der Waals surface area (Å²) in [5.41, 5.74) is 9.51. The van der Waals surface area contributed by atoms with Gasteiger partial charge in [-0.05, 0) is 36.6 Å². The van der Waals surface area contributed by atoms with E-state index in [1.807, 2.05) is 23.9 Å². The summed E-state index contributed by atoms with van der Waals surface area (Å²) >= 11 is 12.1. The van der Waals surface area contributed by atoms with Crippen LogP contribution in [0, 0.1) is 0 Å². The lowest BCUT2D eigenvalue weighted by molar-refractivity contribution is 0.612. The number of hydrogen-bond donors (Lipinski definition) is 1. The van der Waals surface area contributed by atoms with Crippen LogP contribution in [0.4, 0.5) is 0 Å². The zero-order valence-corrected chi connectivity index (χ0v) is 13.2. The highest BCUT2D eigenvalue weighted by Gasteiger charge is 2.12. The van der Waals surface area contributed by atoms with Gasteiger partial charge in [-0.25, -0.2) is 0 Å². The number of nitrogens with zero attached hydrogens (tertiary/aromatic N) is 2. The summed E-state index contributed by atoms with van der Waals surface area (Å²) in [5, 5.41) is 5.75. The number of hydrogen-bond acceptors (Lipinski definition) is 2. The second kappa shape index (κ2) is 6.61. The van der Waals surface area contributed by atoms with Crippen molar-refractivity contribution in [2.45, 2.75) is 32.2 Å². The van der Waals surface area contributed by atoms with E-state index < -0.39 is 0 Å². The van der Waals surface area contributed by atoms with Gasteiger partial charge in [-0.15, -0.1) is 0 Å². The Morgan fingerprint density at radius 2 is 2.00 bits per heavy atom. The molecule has 0 spiro atoms. The molecule has 0 saturated carbocycles. The van der Waals surface area contributed by atoms with Crippen molar-refractivity contribution in [3.63, 3.8) is 0 Å². The molecule has 2 rings (SSSR count). The van der Waals surface area contributed by atoms with Gasteiger partial charge < -0.3 is 5.73 Å². The average molecular weight is 312 g/mol. The van der Waals surface area contributed by atoms with E-state index in [2.05, 4.69) is 18.1 Å². The van der Waals surface area contributed by atoms with E-state index >= 15 is 0 Å². The number of nitrogens with two attached hydrogens (primary N) is 1. The second-order valence-corrected chi connectivity index (χ2v) is 5.85. The predicted molar refractivity (Wildman–Crippen MR) is 84.4 cm³/mol. The van der Waals surface area contributed by atoms with Crippen LogP contribution >= 0.6 is 23.2 Å². The topological polar surface area (TPSA) is 43.8 Å².